The summed E-state index contributed by atoms with van der Waals surface area (Å²) in [5.41, 5.74) is -0.186. The van der Waals surface area contributed by atoms with Crippen molar-refractivity contribution in [2.24, 2.45) is 5.92 Å². The monoisotopic (exact) mass is 540 g/mol. The van der Waals surface area contributed by atoms with E-state index in [2.05, 4.69) is 10.4 Å². The Balaban J connectivity index is 1.52. The van der Waals surface area contributed by atoms with Crippen LogP contribution < -0.4 is 10.9 Å². The van der Waals surface area contributed by atoms with Crippen molar-refractivity contribution < 1.29 is 24.6 Å². The summed E-state index contributed by atoms with van der Waals surface area (Å²) in [6.45, 7) is 7.20. The van der Waals surface area contributed by atoms with Crippen LogP contribution in [0.5, 0.6) is 5.88 Å². The standard InChI is InChI=1S/C27H36N6O6/c1-16(2)14-31-23-19(17(3)29-33(23)25(37)21(24(31)36)22(35)28-18-6-7-18)8-9-20(34)32-13-5-11-27(32)10-4-12-30(15-27)26(38)39/h8-9,16,18,37H,4-7,10-15H2,1-3H3,(H,28,35)(H,38,39). The molecule has 2 aromatic heterocycles. The molecule has 0 aromatic carbocycles. The summed E-state index contributed by atoms with van der Waals surface area (Å²) in [7, 11) is 0. The van der Waals surface area contributed by atoms with Gasteiger partial charge in [-0.25, -0.2) is 4.79 Å². The van der Waals surface area contributed by atoms with E-state index in [1.54, 1.807) is 17.9 Å². The first-order valence-corrected chi connectivity index (χ1v) is 13.7. The molecular formula is C27H36N6O6. The molecule has 12 nitrogen and oxygen atoms in total. The number of aromatic hydroxyl groups is 1. The number of nitrogens with one attached hydrogen (secondary N) is 1. The lowest BCUT2D eigenvalue weighted by molar-refractivity contribution is -0.131. The van der Waals surface area contributed by atoms with Crippen LogP contribution in [-0.4, -0.2) is 83.3 Å². The quantitative estimate of drug-likeness (QED) is 0.476. The fraction of sp³-hybridized carbons (Fsp3) is 0.593. The highest BCUT2D eigenvalue weighted by Crippen LogP contribution is 2.37. The van der Waals surface area contributed by atoms with E-state index in [4.69, 9.17) is 0 Å². The lowest BCUT2D eigenvalue weighted by atomic mass is 9.86. The van der Waals surface area contributed by atoms with Crippen LogP contribution in [0.15, 0.2) is 10.9 Å². The third kappa shape index (κ3) is 4.87. The minimum atomic E-state index is -0.973. The van der Waals surface area contributed by atoms with Crippen LogP contribution in [-0.2, 0) is 11.3 Å². The van der Waals surface area contributed by atoms with Crippen LogP contribution in [0, 0.1) is 12.8 Å². The Morgan fingerprint density at radius 3 is 2.51 bits per heavy atom. The Morgan fingerprint density at radius 1 is 1.18 bits per heavy atom. The Bertz CT molecular complexity index is 1420. The normalized spacial score (nSPS) is 21.5. The maximum Gasteiger partial charge on any atom is 0.407 e. The van der Waals surface area contributed by atoms with Gasteiger partial charge in [-0.3, -0.25) is 19.0 Å². The molecule has 4 heterocycles. The highest BCUT2D eigenvalue weighted by atomic mass is 16.4. The molecule has 2 saturated heterocycles. The fourth-order valence-electron chi connectivity index (χ4n) is 6.01. The molecule has 1 saturated carbocycles. The van der Waals surface area contributed by atoms with Crippen LogP contribution in [0.1, 0.15) is 74.0 Å². The van der Waals surface area contributed by atoms with E-state index < -0.39 is 29.0 Å². The molecule has 1 atom stereocenters. The number of amides is 3. The maximum atomic E-state index is 13.5. The van der Waals surface area contributed by atoms with E-state index in [1.165, 1.54) is 20.1 Å². The summed E-state index contributed by atoms with van der Waals surface area (Å²) in [5, 5.41) is 27.7. The van der Waals surface area contributed by atoms with Crippen LogP contribution in [0.3, 0.4) is 0 Å². The van der Waals surface area contributed by atoms with Gasteiger partial charge in [0.25, 0.3) is 11.5 Å². The third-order valence-electron chi connectivity index (χ3n) is 7.99. The van der Waals surface area contributed by atoms with Gasteiger partial charge < -0.3 is 25.3 Å². The lowest BCUT2D eigenvalue weighted by Crippen LogP contribution is -2.58. The molecule has 210 valence electrons. The van der Waals surface area contributed by atoms with E-state index >= 15 is 0 Å². The van der Waals surface area contributed by atoms with Crippen LogP contribution >= 0.6 is 0 Å². The van der Waals surface area contributed by atoms with Gasteiger partial charge in [-0.2, -0.15) is 9.61 Å². The number of hydrogen-bond acceptors (Lipinski definition) is 6. The molecule has 0 radical (unpaired) electrons. The SMILES string of the molecule is Cc1nn2c(O)c(C(=O)NC3CC3)c(=O)n(CC(C)C)c2c1C=CC(=O)N1CCCC12CCCN(C(=O)O)C2. The molecule has 12 heteroatoms. The predicted octanol–water partition coefficient (Wildman–Crippen LogP) is 2.21. The minimum Gasteiger partial charge on any atom is -0.492 e. The van der Waals surface area contributed by atoms with Crippen molar-refractivity contribution >= 4 is 29.6 Å². The Morgan fingerprint density at radius 2 is 1.87 bits per heavy atom. The average molecular weight is 541 g/mol. The van der Waals surface area contributed by atoms with Crippen LogP contribution in [0.25, 0.3) is 11.7 Å². The Kier molecular flexibility index (Phi) is 6.90. The number of piperidine rings is 1. The number of aromatic nitrogens is 3. The van der Waals surface area contributed by atoms with Gasteiger partial charge in [0, 0.05) is 43.9 Å². The molecule has 5 rings (SSSR count). The van der Waals surface area contributed by atoms with Crippen molar-refractivity contribution in [2.75, 3.05) is 19.6 Å². The van der Waals surface area contributed by atoms with Crippen LogP contribution in [0.2, 0.25) is 0 Å². The Hall–Kier alpha value is -3.83. The maximum absolute atomic E-state index is 13.5. The third-order valence-corrected chi connectivity index (χ3v) is 7.99. The van der Waals surface area contributed by atoms with Gasteiger partial charge in [0.15, 0.2) is 5.56 Å². The number of fused-ring (bicyclic) bond motifs is 1. The second-order valence-corrected chi connectivity index (χ2v) is 11.4. The van der Waals surface area contributed by atoms with Crippen molar-refractivity contribution in [3.63, 3.8) is 0 Å². The highest BCUT2D eigenvalue weighted by molar-refractivity contribution is 5.97. The molecule has 3 fully saturated rings. The molecule has 3 amide bonds. The molecule has 2 aromatic rings. The highest BCUT2D eigenvalue weighted by Gasteiger charge is 2.46. The summed E-state index contributed by atoms with van der Waals surface area (Å²) >= 11 is 0. The molecule has 1 spiro atoms. The van der Waals surface area contributed by atoms with Crippen molar-refractivity contribution in [1.82, 2.24) is 29.3 Å². The van der Waals surface area contributed by atoms with E-state index in [0.717, 1.165) is 32.1 Å². The second kappa shape index (κ2) is 10.0. The minimum absolute atomic E-state index is 0.00929. The smallest absolute Gasteiger partial charge is 0.407 e. The number of hydrogen-bond donors (Lipinski definition) is 3. The van der Waals surface area contributed by atoms with Gasteiger partial charge in [0.1, 0.15) is 5.65 Å². The number of rotatable bonds is 6. The number of aryl methyl sites for hydroxylation is 1. The number of nitrogens with zero attached hydrogens (tertiary/aromatic N) is 5. The Labute approximate surface area is 225 Å². The molecule has 1 unspecified atom stereocenters. The van der Waals surface area contributed by atoms with Crippen molar-refractivity contribution in [2.45, 2.75) is 77.4 Å². The summed E-state index contributed by atoms with van der Waals surface area (Å²) in [4.78, 5) is 54.6. The lowest BCUT2D eigenvalue weighted by Gasteiger charge is -2.44. The number of carboxylic acid groups (broad SMARTS) is 1. The summed E-state index contributed by atoms with van der Waals surface area (Å²) in [6.07, 6.45) is 6.74. The van der Waals surface area contributed by atoms with E-state index in [1.807, 2.05) is 13.8 Å². The summed E-state index contributed by atoms with van der Waals surface area (Å²) < 4.78 is 2.65. The first kappa shape index (κ1) is 26.8. The molecule has 3 N–H and O–H groups in total. The topological polar surface area (TPSA) is 149 Å². The molecule has 1 aliphatic carbocycles. The molecular weight excluding hydrogens is 504 g/mol. The van der Waals surface area contributed by atoms with Gasteiger partial charge in [-0.1, -0.05) is 13.8 Å². The fourth-order valence-corrected chi connectivity index (χ4v) is 6.01. The zero-order valence-electron chi connectivity index (χ0n) is 22.6. The van der Waals surface area contributed by atoms with Gasteiger partial charge in [0.2, 0.25) is 11.8 Å². The van der Waals surface area contributed by atoms with Crippen molar-refractivity contribution in [3.05, 3.63) is 33.3 Å². The van der Waals surface area contributed by atoms with Gasteiger partial charge in [-0.15, -0.1) is 0 Å². The number of carbonyl (C=O) groups excluding carboxylic acids is 2. The zero-order valence-corrected chi connectivity index (χ0v) is 22.6. The first-order chi connectivity index (χ1) is 18.5. The van der Waals surface area contributed by atoms with Gasteiger partial charge in [-0.05, 0) is 57.4 Å². The van der Waals surface area contributed by atoms with E-state index in [9.17, 15) is 29.4 Å². The average Bonchev–Trinajstić information content (AvgIpc) is 3.50. The molecule has 39 heavy (non-hydrogen) atoms. The van der Waals surface area contributed by atoms with Gasteiger partial charge >= 0.3 is 6.09 Å². The van der Waals surface area contributed by atoms with Crippen LogP contribution in [0.4, 0.5) is 4.79 Å². The van der Waals surface area contributed by atoms with Crippen molar-refractivity contribution in [1.29, 1.82) is 0 Å². The molecule has 0 bridgehead atoms. The van der Waals surface area contributed by atoms with E-state index in [-0.39, 0.29) is 30.0 Å². The number of likely N-dealkylation sites (tertiary alicyclic amines) is 2. The summed E-state index contributed by atoms with van der Waals surface area (Å²) in [6, 6.07) is 0.00929. The zero-order chi connectivity index (χ0) is 28.1. The predicted molar refractivity (Wildman–Crippen MR) is 143 cm³/mol. The summed E-state index contributed by atoms with van der Waals surface area (Å²) in [5.74, 6) is -1.34. The van der Waals surface area contributed by atoms with E-state index in [0.29, 0.717) is 43.0 Å². The second-order valence-electron chi connectivity index (χ2n) is 11.4. The molecule has 2 aliphatic heterocycles. The van der Waals surface area contributed by atoms with Gasteiger partial charge in [0.05, 0.1) is 11.2 Å². The largest absolute Gasteiger partial charge is 0.492 e. The van der Waals surface area contributed by atoms with Crippen molar-refractivity contribution in [3.8, 4) is 5.88 Å². The number of carbonyl (C=O) groups is 3. The first-order valence-electron chi connectivity index (χ1n) is 13.7. The molecule has 3 aliphatic rings.